The fourth-order valence-corrected chi connectivity index (χ4v) is 5.70. The molecule has 0 aromatic heterocycles. The fraction of sp³-hybridized carbons (Fsp3) is 0.458. The maximum absolute atomic E-state index is 13.3. The van der Waals surface area contributed by atoms with Crippen LogP contribution in [0.4, 0.5) is 18.9 Å². The van der Waals surface area contributed by atoms with E-state index in [0.29, 0.717) is 23.3 Å². The van der Waals surface area contributed by atoms with Gasteiger partial charge in [0, 0.05) is 6.54 Å². The van der Waals surface area contributed by atoms with Crippen molar-refractivity contribution in [3.05, 3.63) is 59.1 Å². The average molecular weight is 532 g/mol. The summed E-state index contributed by atoms with van der Waals surface area (Å²) in [5, 5.41) is 2.47. The summed E-state index contributed by atoms with van der Waals surface area (Å²) >= 11 is 6.13. The number of sulfonamides is 1. The fourth-order valence-electron chi connectivity index (χ4n) is 3.98. The number of carbonyl (C=O) groups excluding carboxylic acids is 1. The van der Waals surface area contributed by atoms with Crippen molar-refractivity contribution < 1.29 is 26.4 Å². The highest BCUT2D eigenvalue weighted by Crippen LogP contribution is 2.37. The Balaban J connectivity index is 1.77. The Morgan fingerprint density at radius 3 is 2.31 bits per heavy atom. The summed E-state index contributed by atoms with van der Waals surface area (Å²) in [5.74, 6) is -0.631. The van der Waals surface area contributed by atoms with Crippen LogP contribution < -0.4 is 9.62 Å². The maximum atomic E-state index is 13.3. The van der Waals surface area contributed by atoms with E-state index in [-0.39, 0.29) is 9.92 Å². The van der Waals surface area contributed by atoms with Crippen LogP contribution in [0.3, 0.4) is 0 Å². The third-order valence-electron chi connectivity index (χ3n) is 5.83. The molecule has 1 N–H and O–H groups in total. The molecular formula is C24H29ClF3N3O3S. The van der Waals surface area contributed by atoms with Crippen LogP contribution in [-0.4, -0.2) is 51.9 Å². The Hall–Kier alpha value is -2.30. The van der Waals surface area contributed by atoms with Crippen LogP contribution in [0, 0.1) is 0 Å². The largest absolute Gasteiger partial charge is 0.416 e. The minimum Gasteiger partial charge on any atom is -0.354 e. The van der Waals surface area contributed by atoms with E-state index in [9.17, 15) is 26.4 Å². The van der Waals surface area contributed by atoms with Gasteiger partial charge in [-0.15, -0.1) is 0 Å². The van der Waals surface area contributed by atoms with E-state index >= 15 is 0 Å². The smallest absolute Gasteiger partial charge is 0.354 e. The molecule has 11 heteroatoms. The highest BCUT2D eigenvalue weighted by Gasteiger charge is 2.34. The first kappa shape index (κ1) is 27.3. The van der Waals surface area contributed by atoms with Crippen molar-refractivity contribution in [2.45, 2.75) is 43.2 Å². The molecule has 35 heavy (non-hydrogen) atoms. The Morgan fingerprint density at radius 2 is 1.69 bits per heavy atom. The second kappa shape index (κ2) is 12.1. The first-order valence-corrected chi connectivity index (χ1v) is 13.3. The summed E-state index contributed by atoms with van der Waals surface area (Å²) in [6.07, 6.45) is 0.708. The molecule has 1 amide bonds. The van der Waals surface area contributed by atoms with Crippen molar-refractivity contribution >= 4 is 33.2 Å². The molecule has 6 nitrogen and oxygen atoms in total. The van der Waals surface area contributed by atoms with E-state index in [1.165, 1.54) is 37.1 Å². The van der Waals surface area contributed by atoms with Crippen LogP contribution in [0.1, 0.15) is 37.7 Å². The Kier molecular flexibility index (Phi) is 9.43. The number of anilines is 1. The molecule has 3 rings (SSSR count). The standard InChI is InChI=1S/C24H29ClF3N3O3S/c25-21-12-11-19(24(26,27)28)17-22(21)31(35(33,34)20-9-4-3-5-10-20)18-23(32)29-13-8-16-30-14-6-1-2-7-15-30/h3-5,9-12,17H,1-2,6-8,13-16,18H2,(H,29,32). The first-order chi connectivity index (χ1) is 16.6. The lowest BCUT2D eigenvalue weighted by atomic mass is 10.2. The van der Waals surface area contributed by atoms with E-state index in [1.807, 2.05) is 0 Å². The zero-order valence-electron chi connectivity index (χ0n) is 19.2. The molecule has 0 atom stereocenters. The number of halogens is 4. The molecule has 1 fully saturated rings. The minimum atomic E-state index is -4.71. The number of nitrogens with one attached hydrogen (secondary N) is 1. The zero-order chi connectivity index (χ0) is 25.5. The van der Waals surface area contributed by atoms with Crippen molar-refractivity contribution in [2.24, 2.45) is 0 Å². The number of hydrogen-bond acceptors (Lipinski definition) is 4. The van der Waals surface area contributed by atoms with Crippen molar-refractivity contribution in [3.8, 4) is 0 Å². The van der Waals surface area contributed by atoms with E-state index in [4.69, 9.17) is 11.6 Å². The van der Waals surface area contributed by atoms with Crippen LogP contribution >= 0.6 is 11.6 Å². The lowest BCUT2D eigenvalue weighted by molar-refractivity contribution is -0.137. The van der Waals surface area contributed by atoms with Crippen LogP contribution in [-0.2, 0) is 21.0 Å². The van der Waals surface area contributed by atoms with Crippen LogP contribution in [0.2, 0.25) is 5.02 Å². The SMILES string of the molecule is O=C(CN(c1cc(C(F)(F)F)ccc1Cl)S(=O)(=O)c1ccccc1)NCCCN1CCCCCC1. The highest BCUT2D eigenvalue weighted by molar-refractivity contribution is 7.92. The van der Waals surface area contributed by atoms with Crippen molar-refractivity contribution in [1.82, 2.24) is 10.2 Å². The number of benzene rings is 2. The van der Waals surface area contributed by atoms with E-state index < -0.39 is 39.9 Å². The van der Waals surface area contributed by atoms with Gasteiger partial charge in [-0.05, 0) is 69.2 Å². The molecule has 1 saturated heterocycles. The predicted octanol–water partition coefficient (Wildman–Crippen LogP) is 4.94. The van der Waals surface area contributed by atoms with Gasteiger partial charge in [-0.3, -0.25) is 9.10 Å². The number of amides is 1. The molecular weight excluding hydrogens is 503 g/mol. The molecule has 0 spiro atoms. The number of likely N-dealkylation sites (tertiary alicyclic amines) is 1. The van der Waals surface area contributed by atoms with Gasteiger partial charge in [0.2, 0.25) is 5.91 Å². The predicted molar refractivity (Wildman–Crippen MR) is 130 cm³/mol. The normalized spacial score (nSPS) is 15.4. The van der Waals surface area contributed by atoms with Crippen LogP contribution in [0.15, 0.2) is 53.4 Å². The second-order valence-corrected chi connectivity index (χ2v) is 10.7. The summed E-state index contributed by atoms with van der Waals surface area (Å²) in [5.41, 5.74) is -1.48. The summed E-state index contributed by atoms with van der Waals surface area (Å²) in [6.45, 7) is 2.47. The summed E-state index contributed by atoms with van der Waals surface area (Å²) in [6, 6.07) is 9.59. The molecule has 0 bridgehead atoms. The summed E-state index contributed by atoms with van der Waals surface area (Å²) in [7, 11) is -4.37. The molecule has 192 valence electrons. The zero-order valence-corrected chi connectivity index (χ0v) is 20.8. The van der Waals surface area contributed by atoms with Crippen molar-refractivity contribution in [1.29, 1.82) is 0 Å². The van der Waals surface area contributed by atoms with Gasteiger partial charge >= 0.3 is 6.18 Å². The van der Waals surface area contributed by atoms with Crippen molar-refractivity contribution in [2.75, 3.05) is 37.0 Å². The maximum Gasteiger partial charge on any atom is 0.416 e. The molecule has 1 aliphatic heterocycles. The van der Waals surface area contributed by atoms with E-state index in [0.717, 1.165) is 44.6 Å². The van der Waals surface area contributed by atoms with Gasteiger partial charge in [0.25, 0.3) is 10.0 Å². The van der Waals surface area contributed by atoms with Gasteiger partial charge in [-0.2, -0.15) is 13.2 Å². The van der Waals surface area contributed by atoms with Gasteiger partial charge < -0.3 is 10.2 Å². The number of nitrogens with zero attached hydrogens (tertiary/aromatic N) is 2. The molecule has 0 aliphatic carbocycles. The molecule has 0 saturated carbocycles. The van der Waals surface area contributed by atoms with Gasteiger partial charge in [-0.25, -0.2) is 8.42 Å². The molecule has 1 heterocycles. The van der Waals surface area contributed by atoms with Gasteiger partial charge in [0.05, 0.1) is 21.2 Å². The second-order valence-electron chi connectivity index (χ2n) is 8.45. The number of alkyl halides is 3. The molecule has 2 aromatic carbocycles. The Labute approximate surface area is 209 Å². The third-order valence-corrected chi connectivity index (χ3v) is 7.93. The molecule has 0 unspecified atom stereocenters. The number of hydrogen-bond donors (Lipinski definition) is 1. The number of carbonyl (C=O) groups is 1. The van der Waals surface area contributed by atoms with E-state index in [2.05, 4.69) is 10.2 Å². The summed E-state index contributed by atoms with van der Waals surface area (Å²) in [4.78, 5) is 14.9. The van der Waals surface area contributed by atoms with Gasteiger partial charge in [-0.1, -0.05) is 42.6 Å². The monoisotopic (exact) mass is 531 g/mol. The highest BCUT2D eigenvalue weighted by atomic mass is 35.5. The molecule has 1 aliphatic rings. The van der Waals surface area contributed by atoms with E-state index in [1.54, 1.807) is 6.07 Å². The molecule has 0 radical (unpaired) electrons. The quantitative estimate of drug-likeness (QED) is 0.466. The van der Waals surface area contributed by atoms with Gasteiger partial charge in [0.15, 0.2) is 0 Å². The third kappa shape index (κ3) is 7.59. The van der Waals surface area contributed by atoms with Crippen molar-refractivity contribution in [3.63, 3.8) is 0 Å². The first-order valence-electron chi connectivity index (χ1n) is 11.5. The lowest BCUT2D eigenvalue weighted by Crippen LogP contribution is -2.41. The van der Waals surface area contributed by atoms with Gasteiger partial charge in [0.1, 0.15) is 6.54 Å². The van der Waals surface area contributed by atoms with Crippen LogP contribution in [0.25, 0.3) is 0 Å². The number of rotatable bonds is 9. The Morgan fingerprint density at radius 1 is 1.03 bits per heavy atom. The Bertz CT molecular complexity index is 1090. The minimum absolute atomic E-state index is 0.164. The summed E-state index contributed by atoms with van der Waals surface area (Å²) < 4.78 is 67.3. The lowest BCUT2D eigenvalue weighted by Gasteiger charge is -2.26. The molecule has 2 aromatic rings. The average Bonchev–Trinajstić information content (AvgIpc) is 3.09. The van der Waals surface area contributed by atoms with Crippen LogP contribution in [0.5, 0.6) is 0 Å². The topological polar surface area (TPSA) is 69.7 Å².